The van der Waals surface area contributed by atoms with Crippen molar-refractivity contribution < 1.29 is 22.4 Å². The Kier molecular flexibility index (Phi) is 6.25. The van der Waals surface area contributed by atoms with Crippen LogP contribution in [0.2, 0.25) is 0 Å². The molecule has 0 atom stereocenters. The van der Waals surface area contributed by atoms with E-state index in [9.17, 15) is 18.0 Å². The molecule has 1 N–H and O–H groups in total. The Morgan fingerprint density at radius 1 is 1.16 bits per heavy atom. The fourth-order valence-corrected chi connectivity index (χ4v) is 2.42. The van der Waals surface area contributed by atoms with Crippen molar-refractivity contribution in [1.82, 2.24) is 10.2 Å². The molecular weight excluding hydrogens is 333 g/mol. The minimum absolute atomic E-state index is 0.0759. The van der Waals surface area contributed by atoms with Crippen LogP contribution in [0.3, 0.4) is 0 Å². The van der Waals surface area contributed by atoms with Crippen LogP contribution in [0.5, 0.6) is 0 Å². The normalized spacial score (nSPS) is 11.8. The second-order valence-corrected chi connectivity index (χ2v) is 5.53. The maximum atomic E-state index is 12.8. The number of hydrogen-bond donors (Lipinski definition) is 1. The second-order valence-electron chi connectivity index (χ2n) is 5.53. The molecule has 1 amide bonds. The van der Waals surface area contributed by atoms with E-state index in [-0.39, 0.29) is 23.0 Å². The Morgan fingerprint density at radius 2 is 1.88 bits per heavy atom. The van der Waals surface area contributed by atoms with Crippen molar-refractivity contribution in [2.75, 3.05) is 26.2 Å². The standard InChI is InChI=1S/C18H21F3N2O2/c1-3-23(4-2)11-10-22-17(24)16-9-8-15(25-16)13-6-5-7-14(12-13)18(19,20)21/h5-9,12H,3-4,10-11H2,1-2H3,(H,22,24). The van der Waals surface area contributed by atoms with Crippen LogP contribution in [-0.4, -0.2) is 37.0 Å². The molecule has 0 unspecified atom stereocenters. The van der Waals surface area contributed by atoms with Crippen LogP contribution in [0.4, 0.5) is 13.2 Å². The van der Waals surface area contributed by atoms with E-state index in [1.807, 2.05) is 13.8 Å². The zero-order valence-electron chi connectivity index (χ0n) is 14.2. The molecule has 0 fully saturated rings. The summed E-state index contributed by atoms with van der Waals surface area (Å²) < 4.78 is 43.8. The number of hydrogen-bond acceptors (Lipinski definition) is 3. The summed E-state index contributed by atoms with van der Waals surface area (Å²) in [6.07, 6.45) is -4.42. The third-order valence-corrected chi connectivity index (χ3v) is 3.91. The lowest BCUT2D eigenvalue weighted by molar-refractivity contribution is -0.137. The Bertz CT molecular complexity index is 706. The molecule has 0 spiro atoms. The summed E-state index contributed by atoms with van der Waals surface area (Å²) in [5.74, 6) is -0.0858. The molecule has 0 aliphatic rings. The average Bonchev–Trinajstić information content (AvgIpc) is 3.08. The number of alkyl halides is 3. The minimum atomic E-state index is -4.42. The van der Waals surface area contributed by atoms with Crippen LogP contribution in [0.25, 0.3) is 11.3 Å². The highest BCUT2D eigenvalue weighted by atomic mass is 19.4. The predicted molar refractivity (Wildman–Crippen MR) is 89.3 cm³/mol. The highest BCUT2D eigenvalue weighted by molar-refractivity contribution is 5.92. The highest BCUT2D eigenvalue weighted by Crippen LogP contribution is 2.32. The number of likely N-dealkylation sites (N-methyl/N-ethyl adjacent to an activating group) is 1. The number of rotatable bonds is 7. The van der Waals surface area contributed by atoms with Gasteiger partial charge in [-0.1, -0.05) is 26.0 Å². The fourth-order valence-electron chi connectivity index (χ4n) is 2.42. The van der Waals surface area contributed by atoms with Crippen molar-refractivity contribution in [3.05, 3.63) is 47.7 Å². The number of carbonyl (C=O) groups excluding carboxylic acids is 1. The maximum absolute atomic E-state index is 12.8. The fraction of sp³-hybridized carbons (Fsp3) is 0.389. The molecule has 4 nitrogen and oxygen atoms in total. The van der Waals surface area contributed by atoms with Crippen molar-refractivity contribution in [3.63, 3.8) is 0 Å². The number of furan rings is 1. The zero-order chi connectivity index (χ0) is 18.4. The van der Waals surface area contributed by atoms with Crippen LogP contribution >= 0.6 is 0 Å². The van der Waals surface area contributed by atoms with Crippen molar-refractivity contribution in [1.29, 1.82) is 0 Å². The largest absolute Gasteiger partial charge is 0.451 e. The van der Waals surface area contributed by atoms with Crippen LogP contribution in [0.1, 0.15) is 30.0 Å². The van der Waals surface area contributed by atoms with Gasteiger partial charge < -0.3 is 14.6 Å². The molecule has 7 heteroatoms. The van der Waals surface area contributed by atoms with Gasteiger partial charge in [-0.15, -0.1) is 0 Å². The van der Waals surface area contributed by atoms with Gasteiger partial charge in [0.25, 0.3) is 5.91 Å². The molecule has 1 aromatic carbocycles. The number of nitrogens with zero attached hydrogens (tertiary/aromatic N) is 1. The van der Waals surface area contributed by atoms with E-state index in [2.05, 4.69) is 10.2 Å². The lowest BCUT2D eigenvalue weighted by Gasteiger charge is -2.17. The molecule has 25 heavy (non-hydrogen) atoms. The maximum Gasteiger partial charge on any atom is 0.416 e. The third kappa shape index (κ3) is 5.09. The van der Waals surface area contributed by atoms with E-state index < -0.39 is 11.7 Å². The first kappa shape index (κ1) is 19.1. The number of benzene rings is 1. The van der Waals surface area contributed by atoms with Gasteiger partial charge in [0, 0.05) is 18.7 Å². The lowest BCUT2D eigenvalue weighted by atomic mass is 10.1. The number of carbonyl (C=O) groups is 1. The second kappa shape index (κ2) is 8.20. The quantitative estimate of drug-likeness (QED) is 0.816. The molecule has 1 aromatic heterocycles. The van der Waals surface area contributed by atoms with Gasteiger partial charge >= 0.3 is 6.18 Å². The number of halogens is 3. The smallest absolute Gasteiger partial charge is 0.416 e. The first-order chi connectivity index (χ1) is 11.8. The van der Waals surface area contributed by atoms with Gasteiger partial charge in [-0.3, -0.25) is 4.79 Å². The van der Waals surface area contributed by atoms with Crippen LogP contribution in [0, 0.1) is 0 Å². The highest BCUT2D eigenvalue weighted by Gasteiger charge is 2.30. The molecule has 2 rings (SSSR count). The van der Waals surface area contributed by atoms with Gasteiger partial charge in [0.15, 0.2) is 5.76 Å². The monoisotopic (exact) mass is 354 g/mol. The van der Waals surface area contributed by atoms with Crippen molar-refractivity contribution >= 4 is 5.91 Å². The van der Waals surface area contributed by atoms with Gasteiger partial charge in [-0.05, 0) is 37.4 Å². The van der Waals surface area contributed by atoms with E-state index in [0.29, 0.717) is 6.54 Å². The van der Waals surface area contributed by atoms with Crippen molar-refractivity contribution in [2.24, 2.45) is 0 Å². The Labute approximate surface area is 144 Å². The van der Waals surface area contributed by atoms with Gasteiger partial charge in [-0.25, -0.2) is 0 Å². The molecule has 0 aliphatic heterocycles. The predicted octanol–water partition coefficient (Wildman–Crippen LogP) is 4.04. The average molecular weight is 354 g/mol. The topological polar surface area (TPSA) is 45.5 Å². The van der Waals surface area contributed by atoms with E-state index in [0.717, 1.165) is 31.8 Å². The van der Waals surface area contributed by atoms with Crippen LogP contribution in [0.15, 0.2) is 40.8 Å². The first-order valence-electron chi connectivity index (χ1n) is 8.13. The Hall–Kier alpha value is -2.28. The lowest BCUT2D eigenvalue weighted by Crippen LogP contribution is -2.34. The summed E-state index contributed by atoms with van der Waals surface area (Å²) in [4.78, 5) is 14.2. The van der Waals surface area contributed by atoms with Crippen molar-refractivity contribution in [3.8, 4) is 11.3 Å². The summed E-state index contributed by atoms with van der Waals surface area (Å²) >= 11 is 0. The molecule has 0 bridgehead atoms. The molecule has 0 saturated carbocycles. The third-order valence-electron chi connectivity index (χ3n) is 3.91. The SMILES string of the molecule is CCN(CC)CCNC(=O)c1ccc(-c2cccc(C(F)(F)F)c2)o1. The number of nitrogens with one attached hydrogen (secondary N) is 1. The van der Waals surface area contributed by atoms with Crippen LogP contribution in [-0.2, 0) is 6.18 Å². The summed E-state index contributed by atoms with van der Waals surface area (Å²) in [5.41, 5.74) is -0.483. The van der Waals surface area contributed by atoms with Crippen molar-refractivity contribution in [2.45, 2.75) is 20.0 Å². The molecule has 0 aliphatic carbocycles. The molecule has 1 heterocycles. The Balaban J connectivity index is 2.03. The molecular formula is C18H21F3N2O2. The summed E-state index contributed by atoms with van der Waals surface area (Å²) in [6.45, 7) is 7.07. The summed E-state index contributed by atoms with van der Waals surface area (Å²) in [7, 11) is 0. The van der Waals surface area contributed by atoms with Gasteiger partial charge in [0.2, 0.25) is 0 Å². The minimum Gasteiger partial charge on any atom is -0.451 e. The zero-order valence-corrected chi connectivity index (χ0v) is 14.2. The molecule has 0 saturated heterocycles. The Morgan fingerprint density at radius 3 is 2.52 bits per heavy atom. The number of amides is 1. The van der Waals surface area contributed by atoms with Gasteiger partial charge in [0.05, 0.1) is 5.56 Å². The van der Waals surface area contributed by atoms with E-state index >= 15 is 0 Å². The summed E-state index contributed by atoms with van der Waals surface area (Å²) in [6, 6.07) is 7.77. The van der Waals surface area contributed by atoms with Gasteiger partial charge in [-0.2, -0.15) is 13.2 Å². The van der Waals surface area contributed by atoms with Gasteiger partial charge in [0.1, 0.15) is 5.76 Å². The summed E-state index contributed by atoms with van der Waals surface area (Å²) in [5, 5.41) is 2.74. The van der Waals surface area contributed by atoms with Crippen LogP contribution < -0.4 is 5.32 Å². The van der Waals surface area contributed by atoms with E-state index in [1.165, 1.54) is 24.3 Å². The van der Waals surface area contributed by atoms with E-state index in [1.54, 1.807) is 0 Å². The molecule has 0 radical (unpaired) electrons. The molecule has 2 aromatic rings. The van der Waals surface area contributed by atoms with E-state index in [4.69, 9.17) is 4.42 Å². The molecule has 136 valence electrons. The first-order valence-corrected chi connectivity index (χ1v) is 8.13.